The summed E-state index contributed by atoms with van der Waals surface area (Å²) in [4.78, 5) is 15.8. The largest absolute Gasteiger partial charge is 0.453 e. The van der Waals surface area contributed by atoms with Gasteiger partial charge in [-0.25, -0.2) is 0 Å². The second-order valence-electron chi connectivity index (χ2n) is 6.99. The monoisotopic (exact) mass is 368 g/mol. The zero-order valence-corrected chi connectivity index (χ0v) is 14.3. The highest BCUT2D eigenvalue weighted by molar-refractivity contribution is 5.80. The number of nitrogens with zero attached hydrogens (tertiary/aromatic N) is 6. The Bertz CT molecular complexity index is 821. The summed E-state index contributed by atoms with van der Waals surface area (Å²) in [7, 11) is 0. The first kappa shape index (κ1) is 17.2. The Labute approximate surface area is 147 Å². The maximum Gasteiger partial charge on any atom is 0.453 e. The molecular formula is C16H19F3N6O. The van der Waals surface area contributed by atoms with Crippen molar-refractivity contribution < 1.29 is 18.0 Å². The van der Waals surface area contributed by atoms with Gasteiger partial charge in [0.05, 0.1) is 6.54 Å². The molecule has 2 aliphatic heterocycles. The minimum Gasteiger partial charge on any atom is -0.355 e. The summed E-state index contributed by atoms with van der Waals surface area (Å²) in [5.41, 5.74) is 0.0738. The highest BCUT2D eigenvalue weighted by atomic mass is 19.4. The molecule has 7 nitrogen and oxygen atoms in total. The molecule has 26 heavy (non-hydrogen) atoms. The number of Topliss-reactive ketones (excluding diaryl/α,β-unsaturated/α-hetero) is 1. The Morgan fingerprint density at radius 1 is 1.15 bits per heavy atom. The molecule has 2 aromatic rings. The van der Waals surface area contributed by atoms with E-state index in [1.54, 1.807) is 6.07 Å². The van der Waals surface area contributed by atoms with E-state index in [-0.39, 0.29) is 11.4 Å². The molecule has 140 valence electrons. The van der Waals surface area contributed by atoms with Crippen molar-refractivity contribution in [3.63, 3.8) is 0 Å². The van der Waals surface area contributed by atoms with E-state index < -0.39 is 12.0 Å². The van der Waals surface area contributed by atoms with Crippen LogP contribution >= 0.6 is 0 Å². The molecule has 0 spiro atoms. The molecule has 0 aromatic carbocycles. The summed E-state index contributed by atoms with van der Waals surface area (Å²) in [5.74, 6) is 0.424. The molecule has 2 fully saturated rings. The number of carbonyl (C=O) groups is 1. The average molecular weight is 368 g/mol. The lowest BCUT2D eigenvalue weighted by Gasteiger charge is -2.21. The standard InChI is InChI=1S/C16H19F3N6O/c1-2-12(26)9-23-5-10-7-24(8-11(10)6-23)14-4-3-13-20-21-15(16(17,18)19)25(13)22-14/h3-4,10-11H,2,5-9H2,1H3. The van der Waals surface area contributed by atoms with Crippen molar-refractivity contribution in [2.24, 2.45) is 11.8 Å². The van der Waals surface area contributed by atoms with Gasteiger partial charge in [0, 0.05) is 32.6 Å². The Morgan fingerprint density at radius 2 is 1.85 bits per heavy atom. The SMILES string of the molecule is CCC(=O)CN1CC2CN(c3ccc4nnc(C(F)(F)F)n4n3)CC2C1. The molecule has 0 bridgehead atoms. The van der Waals surface area contributed by atoms with Crippen molar-refractivity contribution in [2.45, 2.75) is 19.5 Å². The molecule has 2 aliphatic rings. The van der Waals surface area contributed by atoms with Crippen molar-refractivity contribution in [3.05, 3.63) is 18.0 Å². The smallest absolute Gasteiger partial charge is 0.355 e. The molecule has 10 heteroatoms. The van der Waals surface area contributed by atoms with Crippen molar-refractivity contribution in [2.75, 3.05) is 37.6 Å². The van der Waals surface area contributed by atoms with Gasteiger partial charge in [-0.1, -0.05) is 6.92 Å². The first-order chi connectivity index (χ1) is 12.3. The van der Waals surface area contributed by atoms with Gasteiger partial charge in [-0.05, 0) is 24.0 Å². The lowest BCUT2D eigenvalue weighted by Crippen LogP contribution is -2.32. The summed E-state index contributed by atoms with van der Waals surface area (Å²) in [6.45, 7) is 5.49. The molecule has 0 amide bonds. The van der Waals surface area contributed by atoms with Crippen LogP contribution in [0, 0.1) is 11.8 Å². The number of anilines is 1. The third kappa shape index (κ3) is 3.02. The number of likely N-dealkylation sites (tertiary alicyclic amines) is 1. The Kier molecular flexibility index (Phi) is 4.09. The fraction of sp³-hybridized carbons (Fsp3) is 0.625. The van der Waals surface area contributed by atoms with Gasteiger partial charge in [0.25, 0.3) is 5.82 Å². The molecule has 4 rings (SSSR count). The molecule has 2 saturated heterocycles. The van der Waals surface area contributed by atoms with Crippen molar-refractivity contribution >= 4 is 17.2 Å². The minimum atomic E-state index is -4.60. The number of fused-ring (bicyclic) bond motifs is 2. The maximum atomic E-state index is 13.0. The van der Waals surface area contributed by atoms with Gasteiger partial charge >= 0.3 is 6.18 Å². The predicted octanol–water partition coefficient (Wildman–Crippen LogP) is 1.49. The average Bonchev–Trinajstić information content (AvgIpc) is 3.25. The van der Waals surface area contributed by atoms with E-state index in [1.165, 1.54) is 6.07 Å². The van der Waals surface area contributed by atoms with Gasteiger partial charge in [-0.2, -0.15) is 17.7 Å². The van der Waals surface area contributed by atoms with Crippen LogP contribution in [0.5, 0.6) is 0 Å². The molecule has 4 heterocycles. The van der Waals surface area contributed by atoms with Gasteiger partial charge in [0.1, 0.15) is 11.6 Å². The lowest BCUT2D eigenvalue weighted by molar-refractivity contribution is -0.146. The highest BCUT2D eigenvalue weighted by Gasteiger charge is 2.41. The molecule has 2 unspecified atom stereocenters. The van der Waals surface area contributed by atoms with Crippen LogP contribution in [0.1, 0.15) is 19.2 Å². The molecule has 0 aliphatic carbocycles. The third-order valence-electron chi connectivity index (χ3n) is 5.18. The molecule has 2 aromatic heterocycles. The Balaban J connectivity index is 1.50. The number of halogens is 3. The van der Waals surface area contributed by atoms with Crippen LogP contribution in [0.15, 0.2) is 12.1 Å². The van der Waals surface area contributed by atoms with E-state index in [2.05, 4.69) is 20.2 Å². The summed E-state index contributed by atoms with van der Waals surface area (Å²) in [6.07, 6.45) is -4.05. The van der Waals surface area contributed by atoms with Gasteiger partial charge in [0.2, 0.25) is 0 Å². The quantitative estimate of drug-likeness (QED) is 0.815. The number of rotatable bonds is 4. The Hall–Kier alpha value is -2.23. The summed E-state index contributed by atoms with van der Waals surface area (Å²) >= 11 is 0. The lowest BCUT2D eigenvalue weighted by atomic mass is 10.0. The number of aromatic nitrogens is 4. The molecule has 0 N–H and O–H groups in total. The van der Waals surface area contributed by atoms with E-state index in [4.69, 9.17) is 0 Å². The van der Waals surface area contributed by atoms with E-state index in [9.17, 15) is 18.0 Å². The van der Waals surface area contributed by atoms with Gasteiger partial charge in [0.15, 0.2) is 5.65 Å². The molecule has 0 saturated carbocycles. The number of alkyl halides is 3. The number of hydrogen-bond donors (Lipinski definition) is 0. The van der Waals surface area contributed by atoms with Crippen molar-refractivity contribution in [1.29, 1.82) is 0 Å². The first-order valence-electron chi connectivity index (χ1n) is 8.64. The van der Waals surface area contributed by atoms with Crippen LogP contribution in [-0.4, -0.2) is 63.2 Å². The molecular weight excluding hydrogens is 349 g/mol. The fourth-order valence-electron chi connectivity index (χ4n) is 3.89. The fourth-order valence-corrected chi connectivity index (χ4v) is 3.89. The van der Waals surface area contributed by atoms with Crippen LogP contribution in [0.2, 0.25) is 0 Å². The maximum absolute atomic E-state index is 13.0. The topological polar surface area (TPSA) is 66.6 Å². The molecule has 0 radical (unpaired) electrons. The van der Waals surface area contributed by atoms with Crippen LogP contribution in [0.4, 0.5) is 19.0 Å². The normalized spacial score (nSPS) is 23.8. The van der Waals surface area contributed by atoms with Crippen LogP contribution in [0.3, 0.4) is 0 Å². The van der Waals surface area contributed by atoms with Crippen LogP contribution in [0.25, 0.3) is 5.65 Å². The van der Waals surface area contributed by atoms with E-state index in [1.807, 2.05) is 11.8 Å². The summed E-state index contributed by atoms with van der Waals surface area (Å²) in [6, 6.07) is 3.19. The van der Waals surface area contributed by atoms with Crippen LogP contribution in [-0.2, 0) is 11.0 Å². The zero-order chi connectivity index (χ0) is 18.5. The second kappa shape index (κ2) is 6.19. The zero-order valence-electron chi connectivity index (χ0n) is 14.3. The summed E-state index contributed by atoms with van der Waals surface area (Å²) < 4.78 is 39.8. The van der Waals surface area contributed by atoms with Gasteiger partial charge < -0.3 is 4.90 Å². The second-order valence-corrected chi connectivity index (χ2v) is 6.99. The number of hydrogen-bond acceptors (Lipinski definition) is 6. The van der Waals surface area contributed by atoms with Crippen LogP contribution < -0.4 is 4.90 Å². The van der Waals surface area contributed by atoms with Crippen molar-refractivity contribution in [1.82, 2.24) is 24.7 Å². The van der Waals surface area contributed by atoms with Gasteiger partial charge in [-0.3, -0.25) is 9.69 Å². The summed E-state index contributed by atoms with van der Waals surface area (Å²) in [5, 5.41) is 10.9. The number of carbonyl (C=O) groups excluding carboxylic acids is 1. The minimum absolute atomic E-state index is 0.0738. The third-order valence-corrected chi connectivity index (χ3v) is 5.18. The van der Waals surface area contributed by atoms with Crippen molar-refractivity contribution in [3.8, 4) is 0 Å². The molecule has 2 atom stereocenters. The van der Waals surface area contributed by atoms with E-state index >= 15 is 0 Å². The number of ketones is 1. The predicted molar refractivity (Wildman–Crippen MR) is 86.7 cm³/mol. The van der Waals surface area contributed by atoms with E-state index in [0.717, 1.165) is 30.7 Å². The highest BCUT2D eigenvalue weighted by Crippen LogP contribution is 2.34. The van der Waals surface area contributed by atoms with Gasteiger partial charge in [-0.15, -0.1) is 15.3 Å². The Morgan fingerprint density at radius 3 is 2.46 bits per heavy atom. The first-order valence-corrected chi connectivity index (χ1v) is 8.64. The van der Waals surface area contributed by atoms with E-state index in [0.29, 0.717) is 30.6 Å².